The van der Waals surface area contributed by atoms with E-state index in [2.05, 4.69) is 20.4 Å². The van der Waals surface area contributed by atoms with Crippen molar-refractivity contribution in [2.75, 3.05) is 6.61 Å². The van der Waals surface area contributed by atoms with Crippen LogP contribution >= 0.6 is 0 Å². The number of aliphatic hydroxyl groups is 2. The van der Waals surface area contributed by atoms with E-state index in [1.807, 2.05) is 13.8 Å². The van der Waals surface area contributed by atoms with Crippen LogP contribution in [0.2, 0.25) is 0 Å². The third-order valence-electron chi connectivity index (χ3n) is 10.8. The topological polar surface area (TPSA) is 149 Å². The van der Waals surface area contributed by atoms with E-state index in [1.54, 1.807) is 18.2 Å². The van der Waals surface area contributed by atoms with Gasteiger partial charge in [0.15, 0.2) is 12.4 Å². The first-order valence-corrected chi connectivity index (χ1v) is 14.7. The highest BCUT2D eigenvalue weighted by Gasteiger charge is 2.59. The number of fused-ring (bicyclic) bond motifs is 3. The van der Waals surface area contributed by atoms with Gasteiger partial charge in [-0.1, -0.05) is 33.8 Å². The summed E-state index contributed by atoms with van der Waals surface area (Å²) < 4.78 is 17.3. The van der Waals surface area contributed by atoms with Gasteiger partial charge in [-0.05, 0) is 85.0 Å². The normalized spacial score (nSPS) is 35.6. The fraction of sp³-hybridized carbons (Fsp3) is 0.677. The van der Waals surface area contributed by atoms with Gasteiger partial charge in [-0.15, -0.1) is 6.58 Å². The molecule has 1 heterocycles. The van der Waals surface area contributed by atoms with Crippen molar-refractivity contribution >= 4 is 24.3 Å². The van der Waals surface area contributed by atoms with Crippen LogP contribution in [0.4, 0.5) is 0 Å². The molecule has 1 aromatic carbocycles. The van der Waals surface area contributed by atoms with Crippen molar-refractivity contribution in [3.05, 3.63) is 35.9 Å². The molecule has 2 bridgehead atoms. The largest absolute Gasteiger partial charge is 0.491 e. The van der Waals surface area contributed by atoms with Gasteiger partial charge in [0.25, 0.3) is 0 Å². The number of esters is 1. The number of benzene rings is 1. The summed E-state index contributed by atoms with van der Waals surface area (Å²) in [6, 6.07) is 3.40. The number of carbonyl (C=O) groups is 2. The predicted molar refractivity (Wildman–Crippen MR) is 155 cm³/mol. The Morgan fingerprint density at radius 1 is 1.32 bits per heavy atom. The molecule has 0 saturated heterocycles. The molecule has 2 fully saturated rings. The lowest BCUT2D eigenvalue weighted by atomic mass is 9.47. The van der Waals surface area contributed by atoms with Crippen molar-refractivity contribution < 1.29 is 39.0 Å². The molecule has 4 rings (SSSR count). The Hall–Kier alpha value is -2.24. The van der Waals surface area contributed by atoms with Crippen LogP contribution in [-0.2, 0) is 32.1 Å². The number of hydrogen-bond acceptors (Lipinski definition) is 9. The third-order valence-corrected chi connectivity index (χ3v) is 10.8. The van der Waals surface area contributed by atoms with Crippen LogP contribution in [0, 0.1) is 28.1 Å². The summed E-state index contributed by atoms with van der Waals surface area (Å²) in [4.78, 5) is 25.4. The van der Waals surface area contributed by atoms with Gasteiger partial charge in [0.05, 0.1) is 12.7 Å². The second-order valence-corrected chi connectivity index (χ2v) is 13.2. The highest BCUT2D eigenvalue weighted by atomic mass is 16.6. The molecule has 0 aromatic heterocycles. The zero-order valence-corrected chi connectivity index (χ0v) is 25.0. The average molecular weight is 572 g/mol. The van der Waals surface area contributed by atoms with Gasteiger partial charge in [0.2, 0.25) is 0 Å². The maximum atomic E-state index is 13.3. The summed E-state index contributed by atoms with van der Waals surface area (Å²) in [7, 11) is -1.07. The molecule has 1 aliphatic heterocycles. The Morgan fingerprint density at radius 3 is 2.66 bits per heavy atom. The van der Waals surface area contributed by atoms with Crippen molar-refractivity contribution in [3.63, 3.8) is 0 Å². The van der Waals surface area contributed by atoms with Crippen LogP contribution in [0.15, 0.2) is 24.8 Å². The van der Waals surface area contributed by atoms with Crippen LogP contribution in [0.1, 0.15) is 77.8 Å². The number of Topliss-reactive ketones (excluding diaryl/α,β-unsaturated/α-hetero) is 1. The fourth-order valence-corrected chi connectivity index (χ4v) is 7.58. The minimum absolute atomic E-state index is 0.186. The molecule has 0 unspecified atom stereocenters. The number of nitrogens with two attached hydrogens (primary N) is 1. The number of aliphatic hydroxyl groups excluding tert-OH is 2. The number of ether oxygens (including phenoxy) is 2. The van der Waals surface area contributed by atoms with Gasteiger partial charge in [0, 0.05) is 17.4 Å². The number of ketones is 1. The van der Waals surface area contributed by atoms with Gasteiger partial charge in [-0.2, -0.15) is 0 Å². The Labute approximate surface area is 243 Å². The second-order valence-electron chi connectivity index (χ2n) is 13.2. The van der Waals surface area contributed by atoms with Gasteiger partial charge in [-0.3, -0.25) is 4.79 Å². The maximum absolute atomic E-state index is 13.3. The van der Waals surface area contributed by atoms with Crippen molar-refractivity contribution in [1.29, 1.82) is 0 Å². The molecule has 0 radical (unpaired) electrons. The van der Waals surface area contributed by atoms with Crippen LogP contribution in [0.3, 0.4) is 0 Å². The molecule has 1 aromatic rings. The number of rotatable bonds is 9. The molecule has 3 aliphatic rings. The standard InChI is InChI=1S/C31H46BNO8/c1-7-29(5)13-26(41-27(36)16-39-22-10-21(14-33)23-15-40-32(38)24(23)11-22)30(6)17-31(9-8-18(30)2,19(3)28(29)37)12-25(35)20(4)34/h7,10-11,18-19,25-26,28,35,37-38H,1,8-9,12-17,33H2,2-6H3/t18-,19+,25+,26-,28+,29-,30+,31-/m1/s1. The van der Waals surface area contributed by atoms with E-state index in [-0.39, 0.29) is 43.8 Å². The molecule has 0 spiro atoms. The van der Waals surface area contributed by atoms with Gasteiger partial charge < -0.3 is 35.1 Å². The molecule has 9 nitrogen and oxygen atoms in total. The maximum Gasteiger partial charge on any atom is 0.491 e. The summed E-state index contributed by atoms with van der Waals surface area (Å²) in [5.41, 5.74) is 6.30. The molecule has 10 heteroatoms. The molecule has 41 heavy (non-hydrogen) atoms. The number of hydrogen-bond donors (Lipinski definition) is 4. The molecular formula is C31H46BNO8. The first kappa shape index (κ1) is 31.7. The summed E-state index contributed by atoms with van der Waals surface area (Å²) in [6.45, 7) is 13.8. The van der Waals surface area contributed by atoms with Crippen LogP contribution < -0.4 is 15.9 Å². The minimum atomic E-state index is -1.12. The van der Waals surface area contributed by atoms with Crippen molar-refractivity contribution in [2.24, 2.45) is 33.8 Å². The summed E-state index contributed by atoms with van der Waals surface area (Å²) in [6.07, 6.45) is 2.01. The first-order valence-electron chi connectivity index (χ1n) is 14.7. The summed E-state index contributed by atoms with van der Waals surface area (Å²) in [5.74, 6) is -0.492. The quantitative estimate of drug-likeness (QED) is 0.199. The van der Waals surface area contributed by atoms with Crippen molar-refractivity contribution in [1.82, 2.24) is 0 Å². The molecule has 0 amide bonds. The number of carbonyl (C=O) groups excluding carboxylic acids is 2. The molecular weight excluding hydrogens is 525 g/mol. The smallest absolute Gasteiger partial charge is 0.482 e. The SMILES string of the molecule is C=C[C@]1(C)C[C@@H](OC(=O)COc2cc(CN)c3c(c2)B(O)OC3)[C@@]2(C)C[C@](C[C@H](O)C(C)=O)(CC[C@H]2C)[C@@H](C)[C@@H]1O. The highest BCUT2D eigenvalue weighted by Crippen LogP contribution is 2.62. The lowest BCUT2D eigenvalue weighted by molar-refractivity contribution is -0.193. The zero-order chi connectivity index (χ0) is 30.3. The van der Waals surface area contributed by atoms with Gasteiger partial charge in [0.1, 0.15) is 18.0 Å². The molecule has 8 atom stereocenters. The summed E-state index contributed by atoms with van der Waals surface area (Å²) in [5, 5.41) is 32.5. The average Bonchev–Trinajstić information content (AvgIpc) is 3.32. The lowest BCUT2D eigenvalue weighted by Crippen LogP contribution is -2.59. The highest BCUT2D eigenvalue weighted by molar-refractivity contribution is 6.61. The van der Waals surface area contributed by atoms with E-state index in [4.69, 9.17) is 19.9 Å². The van der Waals surface area contributed by atoms with Gasteiger partial charge >= 0.3 is 13.1 Å². The lowest BCUT2D eigenvalue weighted by Gasteiger charge is -2.60. The van der Waals surface area contributed by atoms with Crippen LogP contribution in [-0.4, -0.2) is 59.0 Å². The predicted octanol–water partition coefficient (Wildman–Crippen LogP) is 2.40. The van der Waals surface area contributed by atoms with E-state index >= 15 is 0 Å². The third kappa shape index (κ3) is 5.86. The monoisotopic (exact) mass is 571 g/mol. The zero-order valence-electron chi connectivity index (χ0n) is 25.0. The van der Waals surface area contributed by atoms with Crippen molar-refractivity contribution in [3.8, 4) is 5.75 Å². The Morgan fingerprint density at radius 2 is 2.02 bits per heavy atom. The Kier molecular flexibility index (Phi) is 9.12. The van der Waals surface area contributed by atoms with E-state index in [9.17, 15) is 24.8 Å². The van der Waals surface area contributed by atoms with Gasteiger partial charge in [-0.25, -0.2) is 4.79 Å². The molecule has 2 aliphatic carbocycles. The minimum Gasteiger partial charge on any atom is -0.482 e. The van der Waals surface area contributed by atoms with Crippen LogP contribution in [0.25, 0.3) is 0 Å². The summed E-state index contributed by atoms with van der Waals surface area (Å²) >= 11 is 0. The van der Waals surface area contributed by atoms with Crippen molar-refractivity contribution in [2.45, 2.75) is 98.2 Å². The molecule has 5 N–H and O–H groups in total. The van der Waals surface area contributed by atoms with E-state index in [0.29, 0.717) is 24.1 Å². The van der Waals surface area contributed by atoms with E-state index in [0.717, 1.165) is 24.0 Å². The molecule has 2 saturated carbocycles. The Balaban J connectivity index is 1.61. The van der Waals surface area contributed by atoms with Crippen LogP contribution in [0.5, 0.6) is 5.75 Å². The molecule has 226 valence electrons. The van der Waals surface area contributed by atoms with E-state index < -0.39 is 47.6 Å². The Bertz CT molecular complexity index is 1180. The second kappa shape index (κ2) is 11.8. The van der Waals surface area contributed by atoms with E-state index in [1.165, 1.54) is 6.92 Å². The fourth-order valence-electron chi connectivity index (χ4n) is 7.58. The first-order chi connectivity index (χ1) is 19.2.